The van der Waals surface area contributed by atoms with Crippen LogP contribution in [0.15, 0.2) is 4.99 Å². The van der Waals surface area contributed by atoms with Crippen LogP contribution in [-0.4, -0.2) is 59.0 Å². The number of nitrogens with one attached hydrogen (secondary N) is 2. The Morgan fingerprint density at radius 2 is 1.88 bits per heavy atom. The fourth-order valence-corrected chi connectivity index (χ4v) is 2.50. The number of ether oxygens (including phenoxy) is 1. The summed E-state index contributed by atoms with van der Waals surface area (Å²) in [6.45, 7) is 8.04. The molecule has 1 aromatic rings. The Balaban J connectivity index is 2.39. The summed E-state index contributed by atoms with van der Waals surface area (Å²) in [6, 6.07) is 0. The Morgan fingerprint density at radius 3 is 2.52 bits per heavy atom. The van der Waals surface area contributed by atoms with Gasteiger partial charge in [0.1, 0.15) is 12.4 Å². The molecule has 0 bridgehead atoms. The average Bonchev–Trinajstić information content (AvgIpc) is 2.93. The van der Waals surface area contributed by atoms with Crippen LogP contribution >= 0.6 is 11.8 Å². The summed E-state index contributed by atoms with van der Waals surface area (Å²) >= 11 is 1.86. The summed E-state index contributed by atoms with van der Waals surface area (Å²) in [6.07, 6.45) is 6.52. The Kier molecular flexibility index (Phi) is 12.1. The van der Waals surface area contributed by atoms with Crippen molar-refractivity contribution >= 4 is 17.7 Å². The summed E-state index contributed by atoms with van der Waals surface area (Å²) in [5.74, 6) is 3.74. The first-order valence-corrected chi connectivity index (χ1v) is 10.5. The number of rotatable bonds is 13. The molecular formula is C17H34N6OS. The van der Waals surface area contributed by atoms with Gasteiger partial charge in [0.25, 0.3) is 0 Å². The molecule has 0 aliphatic rings. The second-order valence-electron chi connectivity index (χ2n) is 5.91. The second-order valence-corrected chi connectivity index (χ2v) is 6.89. The predicted molar refractivity (Wildman–Crippen MR) is 106 cm³/mol. The van der Waals surface area contributed by atoms with E-state index in [4.69, 9.17) is 4.74 Å². The van der Waals surface area contributed by atoms with Gasteiger partial charge >= 0.3 is 0 Å². The quantitative estimate of drug-likeness (QED) is 0.315. The van der Waals surface area contributed by atoms with Crippen LogP contribution in [0.25, 0.3) is 0 Å². The van der Waals surface area contributed by atoms with Gasteiger partial charge in [0.2, 0.25) is 0 Å². The molecule has 7 nitrogen and oxygen atoms in total. The zero-order chi connectivity index (χ0) is 18.3. The number of guanidine groups is 1. The van der Waals surface area contributed by atoms with Gasteiger partial charge in [-0.2, -0.15) is 11.8 Å². The summed E-state index contributed by atoms with van der Waals surface area (Å²) in [7, 11) is 1.97. The molecular weight excluding hydrogens is 336 g/mol. The van der Waals surface area contributed by atoms with Crippen LogP contribution in [0.5, 0.6) is 0 Å². The summed E-state index contributed by atoms with van der Waals surface area (Å²) in [5.41, 5.74) is 0. The minimum atomic E-state index is 0.516. The Bertz CT molecular complexity index is 491. The zero-order valence-electron chi connectivity index (χ0n) is 16.2. The average molecular weight is 371 g/mol. The van der Waals surface area contributed by atoms with E-state index in [2.05, 4.69) is 39.0 Å². The molecule has 2 N–H and O–H groups in total. The lowest BCUT2D eigenvalue weighted by Crippen LogP contribution is -2.39. The van der Waals surface area contributed by atoms with Crippen molar-refractivity contribution in [1.82, 2.24) is 25.4 Å². The SMILES string of the molecule is CCCCOCCCNC(=NCc1nnc(C)n1C)NCCCSC. The number of aromatic nitrogens is 3. The van der Waals surface area contributed by atoms with Gasteiger partial charge in [0.05, 0.1) is 0 Å². The highest BCUT2D eigenvalue weighted by Gasteiger charge is 2.05. The van der Waals surface area contributed by atoms with Crippen LogP contribution in [-0.2, 0) is 18.3 Å². The molecule has 1 rings (SSSR count). The van der Waals surface area contributed by atoms with E-state index in [1.54, 1.807) is 0 Å². The van der Waals surface area contributed by atoms with E-state index in [9.17, 15) is 0 Å². The molecule has 1 aromatic heterocycles. The van der Waals surface area contributed by atoms with Crippen LogP contribution in [0.1, 0.15) is 44.3 Å². The maximum atomic E-state index is 5.59. The summed E-state index contributed by atoms with van der Waals surface area (Å²) in [5, 5.41) is 15.0. The second kappa shape index (κ2) is 13.9. The minimum absolute atomic E-state index is 0.516. The monoisotopic (exact) mass is 370 g/mol. The van der Waals surface area contributed by atoms with E-state index in [1.165, 1.54) is 6.42 Å². The first-order chi connectivity index (χ1) is 12.2. The Labute approximate surface area is 156 Å². The molecule has 0 radical (unpaired) electrons. The van der Waals surface area contributed by atoms with E-state index < -0.39 is 0 Å². The molecule has 1 heterocycles. The topological polar surface area (TPSA) is 76.4 Å². The predicted octanol–water partition coefficient (Wildman–Crippen LogP) is 2.12. The lowest BCUT2D eigenvalue weighted by molar-refractivity contribution is 0.129. The summed E-state index contributed by atoms with van der Waals surface area (Å²) in [4.78, 5) is 4.64. The maximum Gasteiger partial charge on any atom is 0.191 e. The highest BCUT2D eigenvalue weighted by atomic mass is 32.2. The molecule has 0 fully saturated rings. The van der Waals surface area contributed by atoms with Gasteiger partial charge in [0, 0.05) is 33.4 Å². The third-order valence-electron chi connectivity index (χ3n) is 3.78. The third-order valence-corrected chi connectivity index (χ3v) is 4.48. The molecule has 0 saturated carbocycles. The molecule has 0 saturated heterocycles. The molecule has 0 aliphatic carbocycles. The van der Waals surface area contributed by atoms with E-state index in [0.29, 0.717) is 6.54 Å². The minimum Gasteiger partial charge on any atom is -0.381 e. The van der Waals surface area contributed by atoms with E-state index in [-0.39, 0.29) is 0 Å². The number of aliphatic imine (C=N–C) groups is 1. The van der Waals surface area contributed by atoms with Gasteiger partial charge in [-0.1, -0.05) is 13.3 Å². The standard InChI is InChI=1S/C17H34N6OS/c1-5-6-11-24-12-7-9-18-17(19-10-8-13-25-4)20-14-16-22-21-15(2)23(16)3/h5-14H2,1-4H3,(H2,18,19,20). The van der Waals surface area contributed by atoms with Crippen LogP contribution < -0.4 is 10.6 Å². The molecule has 0 aliphatic heterocycles. The first-order valence-electron chi connectivity index (χ1n) is 9.12. The Morgan fingerprint density at radius 1 is 1.16 bits per heavy atom. The highest BCUT2D eigenvalue weighted by molar-refractivity contribution is 7.98. The zero-order valence-corrected chi connectivity index (χ0v) is 17.0. The van der Waals surface area contributed by atoms with Crippen molar-refractivity contribution in [2.24, 2.45) is 12.0 Å². The molecule has 144 valence electrons. The van der Waals surface area contributed by atoms with Gasteiger partial charge in [-0.3, -0.25) is 0 Å². The highest BCUT2D eigenvalue weighted by Crippen LogP contribution is 1.99. The van der Waals surface area contributed by atoms with Gasteiger partial charge < -0.3 is 19.9 Å². The molecule has 25 heavy (non-hydrogen) atoms. The number of unbranched alkanes of at least 4 members (excludes halogenated alkanes) is 1. The molecule has 8 heteroatoms. The van der Waals surface area contributed by atoms with Crippen molar-refractivity contribution in [2.75, 3.05) is 38.3 Å². The summed E-state index contributed by atoms with van der Waals surface area (Å²) < 4.78 is 7.56. The largest absolute Gasteiger partial charge is 0.381 e. The molecule has 0 amide bonds. The molecule has 0 unspecified atom stereocenters. The fourth-order valence-electron chi connectivity index (χ4n) is 2.07. The number of hydrogen-bond acceptors (Lipinski definition) is 5. The van der Waals surface area contributed by atoms with Crippen LogP contribution in [0.2, 0.25) is 0 Å². The van der Waals surface area contributed by atoms with Gasteiger partial charge in [-0.05, 0) is 38.2 Å². The Hall–Kier alpha value is -1.28. The fraction of sp³-hybridized carbons (Fsp3) is 0.824. The maximum absolute atomic E-state index is 5.59. The third kappa shape index (κ3) is 9.69. The number of hydrogen-bond donors (Lipinski definition) is 2. The normalized spacial score (nSPS) is 11.8. The van der Waals surface area contributed by atoms with Gasteiger partial charge in [0.15, 0.2) is 11.8 Å². The van der Waals surface area contributed by atoms with Crippen LogP contribution in [0, 0.1) is 6.92 Å². The van der Waals surface area contributed by atoms with Crippen molar-refractivity contribution in [3.63, 3.8) is 0 Å². The van der Waals surface area contributed by atoms with Crippen molar-refractivity contribution in [3.8, 4) is 0 Å². The van der Waals surface area contributed by atoms with Crippen molar-refractivity contribution in [3.05, 3.63) is 11.6 Å². The molecule has 0 aromatic carbocycles. The number of aryl methyl sites for hydroxylation is 1. The molecule has 0 spiro atoms. The lowest BCUT2D eigenvalue weighted by Gasteiger charge is -2.12. The van der Waals surface area contributed by atoms with Crippen LogP contribution in [0.4, 0.5) is 0 Å². The van der Waals surface area contributed by atoms with E-state index >= 15 is 0 Å². The lowest BCUT2D eigenvalue weighted by atomic mass is 10.4. The van der Waals surface area contributed by atoms with E-state index in [0.717, 1.165) is 68.9 Å². The first kappa shape index (κ1) is 21.8. The van der Waals surface area contributed by atoms with Crippen molar-refractivity contribution in [2.45, 2.75) is 46.1 Å². The van der Waals surface area contributed by atoms with Gasteiger partial charge in [-0.25, -0.2) is 4.99 Å². The number of nitrogens with zero attached hydrogens (tertiary/aromatic N) is 4. The molecule has 0 atom stereocenters. The number of thioether (sulfide) groups is 1. The van der Waals surface area contributed by atoms with Gasteiger partial charge in [-0.15, -0.1) is 10.2 Å². The van der Waals surface area contributed by atoms with E-state index in [1.807, 2.05) is 30.3 Å². The smallest absolute Gasteiger partial charge is 0.191 e. The van der Waals surface area contributed by atoms with Crippen LogP contribution in [0.3, 0.4) is 0 Å². The van der Waals surface area contributed by atoms with Crippen molar-refractivity contribution in [1.29, 1.82) is 0 Å². The van der Waals surface area contributed by atoms with Crippen molar-refractivity contribution < 1.29 is 4.74 Å².